The van der Waals surface area contributed by atoms with Crippen molar-refractivity contribution in [3.05, 3.63) is 0 Å². The number of carboxylic acids is 1. The van der Waals surface area contributed by atoms with Crippen molar-refractivity contribution >= 4 is 11.9 Å². The van der Waals surface area contributed by atoms with Gasteiger partial charge in [-0.05, 0) is 18.3 Å². The molecule has 0 bridgehead atoms. The predicted molar refractivity (Wildman–Crippen MR) is 51.8 cm³/mol. The van der Waals surface area contributed by atoms with Crippen molar-refractivity contribution in [2.45, 2.75) is 26.7 Å². The van der Waals surface area contributed by atoms with Crippen LogP contribution in [0.1, 0.15) is 26.7 Å². The zero-order chi connectivity index (χ0) is 10.7. The summed E-state index contributed by atoms with van der Waals surface area (Å²) in [6, 6.07) is 0. The molecule has 1 amide bonds. The summed E-state index contributed by atoms with van der Waals surface area (Å²) in [4.78, 5) is 23.0. The standard InChI is InChI=1S/C10H17NO3/c1-7(3-4-10(13)14)9-5-11(6-9)8(2)12/h7,9H,3-6H2,1-2H3,(H,13,14). The van der Waals surface area contributed by atoms with Crippen molar-refractivity contribution in [3.8, 4) is 0 Å². The number of aliphatic carboxylic acids is 1. The lowest BCUT2D eigenvalue weighted by molar-refractivity contribution is -0.139. The molecule has 1 unspecified atom stereocenters. The van der Waals surface area contributed by atoms with Crippen LogP contribution in [0.25, 0.3) is 0 Å². The van der Waals surface area contributed by atoms with Gasteiger partial charge in [0, 0.05) is 26.4 Å². The number of likely N-dealkylation sites (tertiary alicyclic amines) is 1. The molecule has 4 nitrogen and oxygen atoms in total. The topological polar surface area (TPSA) is 57.6 Å². The minimum absolute atomic E-state index is 0.117. The van der Waals surface area contributed by atoms with Crippen molar-refractivity contribution in [2.75, 3.05) is 13.1 Å². The molecule has 80 valence electrons. The van der Waals surface area contributed by atoms with Crippen LogP contribution in [-0.2, 0) is 9.59 Å². The van der Waals surface area contributed by atoms with E-state index in [1.165, 1.54) is 0 Å². The minimum Gasteiger partial charge on any atom is -0.481 e. The largest absolute Gasteiger partial charge is 0.481 e. The number of amides is 1. The second-order valence-electron chi connectivity index (χ2n) is 4.09. The van der Waals surface area contributed by atoms with Gasteiger partial charge in [-0.25, -0.2) is 0 Å². The van der Waals surface area contributed by atoms with E-state index in [1.54, 1.807) is 11.8 Å². The highest BCUT2D eigenvalue weighted by molar-refractivity contribution is 5.74. The molecule has 1 saturated heterocycles. The van der Waals surface area contributed by atoms with Gasteiger partial charge in [0.15, 0.2) is 0 Å². The van der Waals surface area contributed by atoms with Gasteiger partial charge in [-0.3, -0.25) is 9.59 Å². The van der Waals surface area contributed by atoms with E-state index >= 15 is 0 Å². The third kappa shape index (κ3) is 2.72. The van der Waals surface area contributed by atoms with E-state index < -0.39 is 5.97 Å². The first-order valence-electron chi connectivity index (χ1n) is 4.98. The fourth-order valence-electron chi connectivity index (χ4n) is 1.72. The number of carboxylic acid groups (broad SMARTS) is 1. The van der Waals surface area contributed by atoms with Crippen LogP contribution < -0.4 is 0 Å². The molecule has 0 aromatic rings. The molecule has 0 aliphatic carbocycles. The summed E-state index contributed by atoms with van der Waals surface area (Å²) >= 11 is 0. The van der Waals surface area contributed by atoms with Gasteiger partial charge < -0.3 is 10.0 Å². The van der Waals surface area contributed by atoms with Gasteiger partial charge in [0.25, 0.3) is 0 Å². The van der Waals surface area contributed by atoms with Gasteiger partial charge in [-0.1, -0.05) is 6.92 Å². The first-order chi connectivity index (χ1) is 6.50. The zero-order valence-electron chi connectivity index (χ0n) is 8.69. The summed E-state index contributed by atoms with van der Waals surface area (Å²) in [5.74, 6) is 0.284. The molecule has 0 radical (unpaired) electrons. The molecule has 1 N–H and O–H groups in total. The highest BCUT2D eigenvalue weighted by Crippen LogP contribution is 2.26. The Bertz CT molecular complexity index is 231. The SMILES string of the molecule is CC(=O)N1CC(C(C)CCC(=O)O)C1. The van der Waals surface area contributed by atoms with Crippen LogP contribution in [0.4, 0.5) is 0 Å². The summed E-state index contributed by atoms with van der Waals surface area (Å²) in [7, 11) is 0. The number of carbonyl (C=O) groups excluding carboxylic acids is 1. The van der Waals surface area contributed by atoms with E-state index in [2.05, 4.69) is 6.92 Å². The summed E-state index contributed by atoms with van der Waals surface area (Å²) in [6.45, 7) is 5.23. The van der Waals surface area contributed by atoms with Crippen LogP contribution in [0.15, 0.2) is 0 Å². The number of hydrogen-bond donors (Lipinski definition) is 1. The second-order valence-corrected chi connectivity index (χ2v) is 4.09. The quantitative estimate of drug-likeness (QED) is 0.733. The van der Waals surface area contributed by atoms with E-state index in [4.69, 9.17) is 5.11 Å². The molecule has 0 saturated carbocycles. The van der Waals surface area contributed by atoms with E-state index in [9.17, 15) is 9.59 Å². The first kappa shape index (κ1) is 11.0. The van der Waals surface area contributed by atoms with E-state index in [0.29, 0.717) is 18.3 Å². The number of nitrogens with zero attached hydrogens (tertiary/aromatic N) is 1. The molecule has 0 spiro atoms. The normalized spacial score (nSPS) is 18.9. The van der Waals surface area contributed by atoms with Crippen molar-refractivity contribution in [3.63, 3.8) is 0 Å². The maximum atomic E-state index is 10.9. The monoisotopic (exact) mass is 199 g/mol. The average Bonchev–Trinajstić information content (AvgIpc) is 1.97. The number of carbonyl (C=O) groups is 2. The fraction of sp³-hybridized carbons (Fsp3) is 0.800. The molecular weight excluding hydrogens is 182 g/mol. The Kier molecular flexibility index (Phi) is 3.49. The van der Waals surface area contributed by atoms with Gasteiger partial charge >= 0.3 is 5.97 Å². The van der Waals surface area contributed by atoms with Gasteiger partial charge in [0.1, 0.15) is 0 Å². The lowest BCUT2D eigenvalue weighted by Gasteiger charge is -2.42. The van der Waals surface area contributed by atoms with Crippen molar-refractivity contribution in [2.24, 2.45) is 11.8 Å². The van der Waals surface area contributed by atoms with Crippen LogP contribution in [0.2, 0.25) is 0 Å². The molecule has 0 aromatic carbocycles. The maximum Gasteiger partial charge on any atom is 0.303 e. The van der Waals surface area contributed by atoms with E-state index in [-0.39, 0.29) is 12.3 Å². The molecule has 1 aliphatic heterocycles. The summed E-state index contributed by atoms with van der Waals surface area (Å²) < 4.78 is 0. The van der Waals surface area contributed by atoms with Gasteiger partial charge in [-0.2, -0.15) is 0 Å². The molecule has 0 aromatic heterocycles. The van der Waals surface area contributed by atoms with Crippen LogP contribution in [0.3, 0.4) is 0 Å². The Labute approximate surface area is 83.9 Å². The highest BCUT2D eigenvalue weighted by Gasteiger charge is 2.32. The summed E-state index contributed by atoms with van der Waals surface area (Å²) in [5, 5.41) is 8.51. The van der Waals surface area contributed by atoms with Gasteiger partial charge in [0.2, 0.25) is 5.91 Å². The third-order valence-corrected chi connectivity index (χ3v) is 2.97. The van der Waals surface area contributed by atoms with Gasteiger partial charge in [-0.15, -0.1) is 0 Å². The molecule has 1 fully saturated rings. The molecule has 1 aliphatic rings. The minimum atomic E-state index is -0.736. The fourth-order valence-corrected chi connectivity index (χ4v) is 1.72. The van der Waals surface area contributed by atoms with Crippen molar-refractivity contribution in [1.29, 1.82) is 0 Å². The van der Waals surface area contributed by atoms with E-state index in [1.807, 2.05) is 0 Å². The van der Waals surface area contributed by atoms with Crippen molar-refractivity contribution in [1.82, 2.24) is 4.90 Å². The first-order valence-corrected chi connectivity index (χ1v) is 4.98. The van der Waals surface area contributed by atoms with Crippen molar-refractivity contribution < 1.29 is 14.7 Å². The van der Waals surface area contributed by atoms with Crippen LogP contribution in [-0.4, -0.2) is 35.0 Å². The third-order valence-electron chi connectivity index (χ3n) is 2.97. The Morgan fingerprint density at radius 1 is 1.50 bits per heavy atom. The molecule has 1 atom stereocenters. The Morgan fingerprint density at radius 3 is 2.50 bits per heavy atom. The molecular formula is C10H17NO3. The Balaban J connectivity index is 2.19. The van der Waals surface area contributed by atoms with Gasteiger partial charge in [0.05, 0.1) is 0 Å². The zero-order valence-corrected chi connectivity index (χ0v) is 8.69. The Hall–Kier alpha value is -1.06. The molecule has 4 heteroatoms. The van der Waals surface area contributed by atoms with Crippen LogP contribution in [0.5, 0.6) is 0 Å². The average molecular weight is 199 g/mol. The van der Waals surface area contributed by atoms with Crippen LogP contribution >= 0.6 is 0 Å². The molecule has 1 heterocycles. The molecule has 1 rings (SSSR count). The van der Waals surface area contributed by atoms with Crippen LogP contribution in [0, 0.1) is 11.8 Å². The summed E-state index contributed by atoms with van der Waals surface area (Å²) in [6.07, 6.45) is 0.948. The molecule has 14 heavy (non-hydrogen) atoms. The maximum absolute atomic E-state index is 10.9. The Morgan fingerprint density at radius 2 is 2.07 bits per heavy atom. The van der Waals surface area contributed by atoms with E-state index in [0.717, 1.165) is 13.1 Å². The predicted octanol–water partition coefficient (Wildman–Crippen LogP) is 0.966. The number of hydrogen-bond acceptors (Lipinski definition) is 2. The second kappa shape index (κ2) is 4.44. The number of rotatable bonds is 4. The lowest BCUT2D eigenvalue weighted by Crippen LogP contribution is -2.51. The highest BCUT2D eigenvalue weighted by atomic mass is 16.4. The summed E-state index contributed by atoms with van der Waals surface area (Å²) in [5.41, 5.74) is 0. The lowest BCUT2D eigenvalue weighted by atomic mass is 9.84. The smallest absolute Gasteiger partial charge is 0.303 e.